The molecule has 0 aromatic heterocycles. The van der Waals surface area contributed by atoms with E-state index in [0.29, 0.717) is 16.1 Å². The average Bonchev–Trinajstić information content (AvgIpc) is 2.26. The second kappa shape index (κ2) is 4.94. The first kappa shape index (κ1) is 14.0. The van der Waals surface area contributed by atoms with Crippen molar-refractivity contribution in [2.45, 2.75) is 6.18 Å². The molecule has 0 radical (unpaired) electrons. The summed E-state index contributed by atoms with van der Waals surface area (Å²) in [6.07, 6.45) is -4.46. The fourth-order valence-electron chi connectivity index (χ4n) is 1.69. The maximum Gasteiger partial charge on any atom is 0.416 e. The smallest absolute Gasteiger partial charge is 0.399 e. The highest BCUT2D eigenvalue weighted by Crippen LogP contribution is 2.36. The molecular formula is C13H8Cl2F3N. The highest BCUT2D eigenvalue weighted by Gasteiger charge is 2.31. The second-order valence-corrected chi connectivity index (χ2v) is 4.81. The third-order valence-electron chi connectivity index (χ3n) is 2.52. The second-order valence-electron chi connectivity index (χ2n) is 3.97. The maximum absolute atomic E-state index is 12.7. The van der Waals surface area contributed by atoms with Crippen molar-refractivity contribution >= 4 is 28.9 Å². The van der Waals surface area contributed by atoms with Gasteiger partial charge in [-0.15, -0.1) is 0 Å². The van der Waals surface area contributed by atoms with Gasteiger partial charge in [0.25, 0.3) is 0 Å². The standard InChI is InChI=1S/C13H8Cl2F3N/c14-9-1-2-11(12(15)6-9)7-3-8(13(16,17)18)5-10(19)4-7/h1-6H,19H2. The van der Waals surface area contributed by atoms with E-state index < -0.39 is 11.7 Å². The lowest BCUT2D eigenvalue weighted by molar-refractivity contribution is -0.137. The first-order valence-electron chi connectivity index (χ1n) is 5.20. The van der Waals surface area contributed by atoms with Gasteiger partial charge < -0.3 is 5.73 Å². The molecule has 19 heavy (non-hydrogen) atoms. The third kappa shape index (κ3) is 3.14. The Balaban J connectivity index is 2.59. The molecule has 100 valence electrons. The molecule has 1 nitrogen and oxygen atoms in total. The fourth-order valence-corrected chi connectivity index (χ4v) is 2.21. The molecule has 0 saturated carbocycles. The molecule has 0 aliphatic carbocycles. The zero-order valence-electron chi connectivity index (χ0n) is 9.43. The summed E-state index contributed by atoms with van der Waals surface area (Å²) >= 11 is 11.7. The van der Waals surface area contributed by atoms with Crippen molar-refractivity contribution in [3.63, 3.8) is 0 Å². The number of hydrogen-bond acceptors (Lipinski definition) is 1. The van der Waals surface area contributed by atoms with Crippen LogP contribution < -0.4 is 5.73 Å². The van der Waals surface area contributed by atoms with E-state index in [1.807, 2.05) is 0 Å². The van der Waals surface area contributed by atoms with E-state index in [4.69, 9.17) is 28.9 Å². The van der Waals surface area contributed by atoms with Crippen molar-refractivity contribution in [2.75, 3.05) is 5.73 Å². The molecule has 0 fully saturated rings. The minimum absolute atomic E-state index is 0.0239. The summed E-state index contributed by atoms with van der Waals surface area (Å²) in [6.45, 7) is 0. The number of anilines is 1. The van der Waals surface area contributed by atoms with E-state index in [1.54, 1.807) is 12.1 Å². The number of halogens is 5. The van der Waals surface area contributed by atoms with Gasteiger partial charge in [0.05, 0.1) is 5.56 Å². The SMILES string of the molecule is Nc1cc(-c2ccc(Cl)cc2Cl)cc(C(F)(F)F)c1. The summed E-state index contributed by atoms with van der Waals surface area (Å²) in [5, 5.41) is 0.680. The average molecular weight is 306 g/mol. The third-order valence-corrected chi connectivity index (χ3v) is 3.07. The zero-order chi connectivity index (χ0) is 14.2. The molecule has 0 saturated heterocycles. The van der Waals surface area contributed by atoms with Crippen LogP contribution in [0.4, 0.5) is 18.9 Å². The summed E-state index contributed by atoms with van der Waals surface area (Å²) in [6, 6.07) is 7.90. The minimum atomic E-state index is -4.46. The Morgan fingerprint density at radius 1 is 0.947 bits per heavy atom. The van der Waals surface area contributed by atoms with Crippen LogP contribution in [0.1, 0.15) is 5.56 Å². The Hall–Kier alpha value is -1.39. The Labute approximate surface area is 117 Å². The molecule has 0 atom stereocenters. The summed E-state index contributed by atoms with van der Waals surface area (Å²) < 4.78 is 38.2. The quantitative estimate of drug-likeness (QED) is 0.714. The largest absolute Gasteiger partial charge is 0.416 e. The lowest BCUT2D eigenvalue weighted by Gasteiger charge is -2.11. The molecule has 0 aliphatic rings. The Kier molecular flexibility index (Phi) is 3.65. The van der Waals surface area contributed by atoms with Gasteiger partial charge >= 0.3 is 6.18 Å². The van der Waals surface area contributed by atoms with Gasteiger partial charge in [-0.25, -0.2) is 0 Å². The van der Waals surface area contributed by atoms with Crippen molar-refractivity contribution in [1.29, 1.82) is 0 Å². The van der Waals surface area contributed by atoms with Gasteiger partial charge in [-0.3, -0.25) is 0 Å². The van der Waals surface area contributed by atoms with Crippen LogP contribution in [0.3, 0.4) is 0 Å². The number of nitrogens with two attached hydrogens (primary N) is 1. The van der Waals surface area contributed by atoms with E-state index in [0.717, 1.165) is 12.1 Å². The Morgan fingerprint density at radius 2 is 1.63 bits per heavy atom. The van der Waals surface area contributed by atoms with Gasteiger partial charge in [0.1, 0.15) is 0 Å². The van der Waals surface area contributed by atoms with Gasteiger partial charge in [0.2, 0.25) is 0 Å². The van der Waals surface area contributed by atoms with Gasteiger partial charge in [0.15, 0.2) is 0 Å². The van der Waals surface area contributed by atoms with Crippen molar-refractivity contribution in [3.8, 4) is 11.1 Å². The Morgan fingerprint density at radius 3 is 2.21 bits per heavy atom. The number of hydrogen-bond donors (Lipinski definition) is 1. The summed E-state index contributed by atoms with van der Waals surface area (Å²) in [7, 11) is 0. The van der Waals surface area contributed by atoms with Crippen molar-refractivity contribution in [1.82, 2.24) is 0 Å². The van der Waals surface area contributed by atoms with Crippen LogP contribution in [-0.4, -0.2) is 0 Å². The number of alkyl halides is 3. The number of nitrogen functional groups attached to an aromatic ring is 1. The van der Waals surface area contributed by atoms with Gasteiger partial charge in [-0.2, -0.15) is 13.2 Å². The predicted octanol–water partition coefficient (Wildman–Crippen LogP) is 5.26. The number of benzene rings is 2. The maximum atomic E-state index is 12.7. The minimum Gasteiger partial charge on any atom is -0.399 e. The molecule has 0 unspecified atom stereocenters. The fraction of sp³-hybridized carbons (Fsp3) is 0.0769. The molecule has 0 heterocycles. The summed E-state index contributed by atoms with van der Waals surface area (Å²) in [4.78, 5) is 0. The van der Waals surface area contributed by atoms with E-state index >= 15 is 0 Å². The van der Waals surface area contributed by atoms with Crippen molar-refractivity contribution in [2.24, 2.45) is 0 Å². The monoisotopic (exact) mass is 305 g/mol. The van der Waals surface area contributed by atoms with E-state index in [1.165, 1.54) is 12.1 Å². The molecule has 2 aromatic carbocycles. The lowest BCUT2D eigenvalue weighted by atomic mass is 10.0. The van der Waals surface area contributed by atoms with Crippen molar-refractivity contribution < 1.29 is 13.2 Å². The van der Waals surface area contributed by atoms with E-state index in [2.05, 4.69) is 0 Å². The van der Waals surface area contributed by atoms with Crippen LogP contribution in [0.2, 0.25) is 10.0 Å². The van der Waals surface area contributed by atoms with Crippen LogP contribution in [0, 0.1) is 0 Å². The summed E-state index contributed by atoms with van der Waals surface area (Å²) in [5.41, 5.74) is 5.46. The molecule has 0 bridgehead atoms. The molecule has 2 rings (SSSR count). The molecular weight excluding hydrogens is 298 g/mol. The van der Waals surface area contributed by atoms with Gasteiger partial charge in [-0.05, 0) is 35.9 Å². The van der Waals surface area contributed by atoms with Crippen LogP contribution in [0.25, 0.3) is 11.1 Å². The lowest BCUT2D eigenvalue weighted by Crippen LogP contribution is -2.06. The zero-order valence-corrected chi connectivity index (χ0v) is 10.9. The van der Waals surface area contributed by atoms with Crippen LogP contribution >= 0.6 is 23.2 Å². The highest BCUT2D eigenvalue weighted by atomic mass is 35.5. The van der Waals surface area contributed by atoms with E-state index in [-0.39, 0.29) is 10.7 Å². The first-order chi connectivity index (χ1) is 8.77. The molecule has 0 amide bonds. The predicted molar refractivity (Wildman–Crippen MR) is 71.3 cm³/mol. The van der Waals surface area contributed by atoms with E-state index in [9.17, 15) is 13.2 Å². The van der Waals surface area contributed by atoms with Crippen molar-refractivity contribution in [3.05, 3.63) is 52.0 Å². The highest BCUT2D eigenvalue weighted by molar-refractivity contribution is 6.36. The molecule has 6 heteroatoms. The van der Waals surface area contributed by atoms with Gasteiger partial charge in [0, 0.05) is 21.3 Å². The normalized spacial score (nSPS) is 11.6. The number of rotatable bonds is 1. The Bertz CT molecular complexity index is 624. The molecule has 0 aliphatic heterocycles. The van der Waals surface area contributed by atoms with Crippen LogP contribution in [-0.2, 0) is 6.18 Å². The van der Waals surface area contributed by atoms with Crippen LogP contribution in [0.5, 0.6) is 0 Å². The summed E-state index contributed by atoms with van der Waals surface area (Å²) in [5.74, 6) is 0. The molecule has 2 aromatic rings. The molecule has 0 spiro atoms. The first-order valence-corrected chi connectivity index (χ1v) is 5.96. The molecule has 2 N–H and O–H groups in total. The van der Waals surface area contributed by atoms with Crippen LogP contribution in [0.15, 0.2) is 36.4 Å². The topological polar surface area (TPSA) is 26.0 Å². The van der Waals surface area contributed by atoms with Gasteiger partial charge in [-0.1, -0.05) is 29.3 Å².